The number of nitrogens with two attached hydrogens (primary N) is 1. The Bertz CT molecular complexity index is 1130. The molecule has 3 heterocycles. The Morgan fingerprint density at radius 1 is 1.14 bits per heavy atom. The third-order valence-electron chi connectivity index (χ3n) is 6.47. The molecule has 0 atom stereocenters. The van der Waals surface area contributed by atoms with Crippen molar-refractivity contribution in [2.45, 2.75) is 45.7 Å². The Labute approximate surface area is 205 Å². The molecule has 10 nitrogen and oxygen atoms in total. The highest BCUT2D eigenvalue weighted by atomic mass is 16.5. The van der Waals surface area contributed by atoms with E-state index < -0.39 is 0 Å². The number of rotatable bonds is 5. The maximum absolute atomic E-state index is 13.2. The summed E-state index contributed by atoms with van der Waals surface area (Å²) in [6.45, 7) is 6.47. The van der Waals surface area contributed by atoms with Crippen LogP contribution in [0.4, 0.5) is 10.6 Å². The summed E-state index contributed by atoms with van der Waals surface area (Å²) in [5.74, 6) is 6.40. The van der Waals surface area contributed by atoms with Gasteiger partial charge in [-0.1, -0.05) is 6.07 Å². The van der Waals surface area contributed by atoms with Crippen molar-refractivity contribution in [1.82, 2.24) is 19.8 Å². The number of ether oxygens (including phenoxy) is 1. The SMILES string of the molecule is COc1cc2c(cc1C(=O)Nc1cccc(C(=N)N(N)C(C)C)n1)CN(C(=O)N1CCCC1)CC2. The van der Waals surface area contributed by atoms with Crippen LogP contribution in [0, 0.1) is 5.41 Å². The number of likely N-dealkylation sites (tertiary alicyclic amines) is 1. The molecule has 1 saturated heterocycles. The number of aromatic nitrogens is 1. The van der Waals surface area contributed by atoms with Gasteiger partial charge in [-0.3, -0.25) is 15.2 Å². The van der Waals surface area contributed by atoms with Crippen LogP contribution < -0.4 is 15.9 Å². The van der Waals surface area contributed by atoms with E-state index in [0.29, 0.717) is 42.3 Å². The molecule has 35 heavy (non-hydrogen) atoms. The molecule has 2 aliphatic heterocycles. The Balaban J connectivity index is 1.53. The monoisotopic (exact) mass is 479 g/mol. The summed E-state index contributed by atoms with van der Waals surface area (Å²) in [6, 6.07) is 8.73. The van der Waals surface area contributed by atoms with E-state index in [1.54, 1.807) is 24.3 Å². The first-order valence-corrected chi connectivity index (χ1v) is 11.9. The molecule has 1 fully saturated rings. The molecule has 2 aromatic rings. The Kier molecular flexibility index (Phi) is 7.20. The molecule has 2 aliphatic rings. The third-order valence-corrected chi connectivity index (χ3v) is 6.47. The fourth-order valence-corrected chi connectivity index (χ4v) is 4.42. The fourth-order valence-electron chi connectivity index (χ4n) is 4.42. The minimum atomic E-state index is -0.378. The summed E-state index contributed by atoms with van der Waals surface area (Å²) in [6.07, 6.45) is 2.81. The van der Waals surface area contributed by atoms with Crippen LogP contribution in [0.1, 0.15) is 53.9 Å². The minimum Gasteiger partial charge on any atom is -0.496 e. The van der Waals surface area contributed by atoms with Crippen molar-refractivity contribution in [3.05, 3.63) is 52.7 Å². The van der Waals surface area contributed by atoms with Gasteiger partial charge in [0, 0.05) is 32.2 Å². The van der Waals surface area contributed by atoms with Crippen LogP contribution >= 0.6 is 0 Å². The van der Waals surface area contributed by atoms with Crippen molar-refractivity contribution >= 4 is 23.6 Å². The molecule has 0 unspecified atom stereocenters. The molecular formula is C25H33N7O3. The first-order chi connectivity index (χ1) is 16.8. The van der Waals surface area contributed by atoms with E-state index in [9.17, 15) is 9.59 Å². The number of nitrogens with zero attached hydrogens (tertiary/aromatic N) is 4. The van der Waals surface area contributed by atoms with Gasteiger partial charge in [0.05, 0.1) is 12.7 Å². The molecule has 0 radical (unpaired) electrons. The van der Waals surface area contributed by atoms with Crippen LogP contribution in [0.25, 0.3) is 0 Å². The maximum Gasteiger partial charge on any atom is 0.320 e. The second-order valence-electron chi connectivity index (χ2n) is 9.18. The number of fused-ring (bicyclic) bond motifs is 1. The first-order valence-electron chi connectivity index (χ1n) is 11.9. The van der Waals surface area contributed by atoms with Crippen LogP contribution in [0.5, 0.6) is 5.75 Å². The van der Waals surface area contributed by atoms with Crippen molar-refractivity contribution in [2.24, 2.45) is 5.84 Å². The predicted molar refractivity (Wildman–Crippen MR) is 133 cm³/mol. The zero-order valence-corrected chi connectivity index (χ0v) is 20.5. The van der Waals surface area contributed by atoms with Gasteiger partial charge in [0.25, 0.3) is 5.91 Å². The largest absolute Gasteiger partial charge is 0.496 e. The van der Waals surface area contributed by atoms with Gasteiger partial charge >= 0.3 is 6.03 Å². The number of carbonyl (C=O) groups is 2. The van der Waals surface area contributed by atoms with Crippen molar-refractivity contribution < 1.29 is 14.3 Å². The Morgan fingerprint density at radius 2 is 1.89 bits per heavy atom. The Hall–Kier alpha value is -3.66. The molecule has 4 N–H and O–H groups in total. The normalized spacial score (nSPS) is 15.1. The van der Waals surface area contributed by atoms with Gasteiger partial charge in [-0.15, -0.1) is 0 Å². The number of pyridine rings is 1. The molecule has 0 aliphatic carbocycles. The summed E-state index contributed by atoms with van der Waals surface area (Å²) in [7, 11) is 1.53. The third kappa shape index (κ3) is 5.22. The lowest BCUT2D eigenvalue weighted by molar-refractivity contribution is 0.102. The molecule has 0 saturated carbocycles. The van der Waals surface area contributed by atoms with E-state index in [1.807, 2.05) is 29.7 Å². The second kappa shape index (κ2) is 10.3. The highest BCUT2D eigenvalue weighted by Crippen LogP contribution is 2.29. The number of nitrogens with one attached hydrogen (secondary N) is 2. The number of anilines is 1. The number of methoxy groups -OCH3 is 1. The van der Waals surface area contributed by atoms with Crippen LogP contribution in [0.2, 0.25) is 0 Å². The quantitative estimate of drug-likeness (QED) is 0.262. The molecule has 4 rings (SSSR count). The highest BCUT2D eigenvalue weighted by Gasteiger charge is 2.28. The number of hydrogen-bond donors (Lipinski definition) is 3. The van der Waals surface area contributed by atoms with E-state index in [4.69, 9.17) is 16.0 Å². The number of amides is 3. The number of hydrogen-bond acceptors (Lipinski definition) is 6. The van der Waals surface area contributed by atoms with Crippen LogP contribution in [-0.4, -0.2) is 70.4 Å². The van der Waals surface area contributed by atoms with Gasteiger partial charge in [0.15, 0.2) is 5.84 Å². The summed E-state index contributed by atoms with van der Waals surface area (Å²) >= 11 is 0. The number of carbonyl (C=O) groups excluding carboxylic acids is 2. The van der Waals surface area contributed by atoms with Crippen LogP contribution in [-0.2, 0) is 13.0 Å². The average molecular weight is 480 g/mol. The van der Waals surface area contributed by atoms with Gasteiger partial charge in [0.2, 0.25) is 0 Å². The first kappa shape index (κ1) is 24.5. The standard InChI is InChI=1S/C25H33N7O3/c1-16(2)32(27)23(26)20-7-6-8-22(28-20)29-24(33)19-13-18-15-31(25(34)30-10-4-5-11-30)12-9-17(18)14-21(19)35-3/h6-8,13-14,16,26H,4-5,9-12,15,27H2,1-3H3,(H,28,29,33). The molecule has 0 bridgehead atoms. The topological polar surface area (TPSA) is 128 Å². The zero-order chi connectivity index (χ0) is 25.1. The number of hydrazine groups is 1. The van der Waals surface area contributed by atoms with Crippen molar-refractivity contribution in [1.29, 1.82) is 5.41 Å². The molecule has 1 aromatic heterocycles. The van der Waals surface area contributed by atoms with Crippen molar-refractivity contribution in [3.63, 3.8) is 0 Å². The number of urea groups is 1. The summed E-state index contributed by atoms with van der Waals surface area (Å²) in [4.78, 5) is 34.2. The van der Waals surface area contributed by atoms with E-state index in [0.717, 1.165) is 37.1 Å². The lowest BCUT2D eigenvalue weighted by Gasteiger charge is -2.32. The Morgan fingerprint density at radius 3 is 2.57 bits per heavy atom. The minimum absolute atomic E-state index is 0.0604. The lowest BCUT2D eigenvalue weighted by Crippen LogP contribution is -2.44. The molecule has 3 amide bonds. The van der Waals surface area contributed by atoms with E-state index in [1.165, 1.54) is 12.1 Å². The van der Waals surface area contributed by atoms with E-state index >= 15 is 0 Å². The zero-order valence-electron chi connectivity index (χ0n) is 20.5. The van der Waals surface area contributed by atoms with Crippen molar-refractivity contribution in [2.75, 3.05) is 32.1 Å². The molecule has 10 heteroatoms. The fraction of sp³-hybridized carbons (Fsp3) is 0.440. The van der Waals surface area contributed by atoms with Crippen LogP contribution in [0.15, 0.2) is 30.3 Å². The van der Waals surface area contributed by atoms with Gasteiger partial charge in [-0.25, -0.2) is 15.6 Å². The molecule has 0 spiro atoms. The number of benzene rings is 1. The summed E-state index contributed by atoms with van der Waals surface area (Å²) in [5, 5.41) is 12.4. The molecular weight excluding hydrogens is 446 g/mol. The van der Waals surface area contributed by atoms with Gasteiger partial charge in [-0.05, 0) is 68.5 Å². The average Bonchev–Trinajstić information content (AvgIpc) is 3.41. The second-order valence-corrected chi connectivity index (χ2v) is 9.18. The van der Waals surface area contributed by atoms with Gasteiger partial charge in [0.1, 0.15) is 17.3 Å². The summed E-state index contributed by atoms with van der Waals surface area (Å²) < 4.78 is 5.52. The van der Waals surface area contributed by atoms with Crippen LogP contribution in [0.3, 0.4) is 0 Å². The highest BCUT2D eigenvalue weighted by molar-refractivity contribution is 6.06. The maximum atomic E-state index is 13.2. The predicted octanol–water partition coefficient (Wildman–Crippen LogP) is 2.83. The van der Waals surface area contributed by atoms with E-state index in [-0.39, 0.29) is 23.8 Å². The van der Waals surface area contributed by atoms with Crippen molar-refractivity contribution in [3.8, 4) is 5.75 Å². The van der Waals surface area contributed by atoms with Gasteiger partial charge in [-0.2, -0.15) is 0 Å². The van der Waals surface area contributed by atoms with E-state index in [2.05, 4.69) is 10.3 Å². The van der Waals surface area contributed by atoms with Gasteiger partial charge < -0.3 is 19.9 Å². The lowest BCUT2D eigenvalue weighted by atomic mass is 9.96. The smallest absolute Gasteiger partial charge is 0.320 e. The summed E-state index contributed by atoms with van der Waals surface area (Å²) in [5.41, 5.74) is 2.74. The molecule has 186 valence electrons. The molecule has 1 aromatic carbocycles. The number of amidine groups is 1.